The molecule has 2 heterocycles. The number of nitrogens with zero attached hydrogens (tertiary/aromatic N) is 3. The maximum atomic E-state index is 12.6. The van der Waals surface area contributed by atoms with Crippen molar-refractivity contribution in [2.24, 2.45) is 7.05 Å². The second kappa shape index (κ2) is 7.08. The number of likely N-dealkylation sites (N-methyl/N-ethyl adjacent to an activating group) is 1. The van der Waals surface area contributed by atoms with Gasteiger partial charge in [0.15, 0.2) is 5.13 Å². The van der Waals surface area contributed by atoms with E-state index in [4.69, 9.17) is 4.74 Å². The molecular weight excluding hydrogens is 326 g/mol. The van der Waals surface area contributed by atoms with E-state index in [1.54, 1.807) is 25.0 Å². The van der Waals surface area contributed by atoms with Crippen LogP contribution in [0.5, 0.6) is 0 Å². The molecule has 3 aromatic rings. The van der Waals surface area contributed by atoms with Crippen LogP contribution in [0, 0.1) is 0 Å². The van der Waals surface area contributed by atoms with Gasteiger partial charge < -0.3 is 15.4 Å². The SMILES string of the molecule is CNC(C(=O)Nc1nc2c(COC)cccc2s1)c1cnn(C)c1. The minimum atomic E-state index is -0.482. The third kappa shape index (κ3) is 3.30. The number of benzene rings is 1. The number of hydrogen-bond acceptors (Lipinski definition) is 6. The van der Waals surface area contributed by atoms with Gasteiger partial charge in [-0.2, -0.15) is 5.10 Å². The molecule has 0 spiro atoms. The van der Waals surface area contributed by atoms with Gasteiger partial charge in [0.1, 0.15) is 6.04 Å². The van der Waals surface area contributed by atoms with Crippen LogP contribution >= 0.6 is 11.3 Å². The molecule has 0 aliphatic heterocycles. The number of methoxy groups -OCH3 is 1. The predicted octanol–water partition coefficient (Wildman–Crippen LogP) is 2.08. The van der Waals surface area contributed by atoms with Crippen molar-refractivity contribution in [1.29, 1.82) is 0 Å². The highest BCUT2D eigenvalue weighted by atomic mass is 32.1. The first-order valence-electron chi connectivity index (χ1n) is 7.46. The number of hydrogen-bond donors (Lipinski definition) is 2. The molecular formula is C16H19N5O2S. The molecule has 0 aliphatic rings. The molecule has 1 unspecified atom stereocenters. The zero-order chi connectivity index (χ0) is 17.1. The predicted molar refractivity (Wildman–Crippen MR) is 94.0 cm³/mol. The van der Waals surface area contributed by atoms with Crippen LogP contribution in [-0.4, -0.2) is 34.8 Å². The van der Waals surface area contributed by atoms with Crippen LogP contribution in [0.15, 0.2) is 30.6 Å². The molecule has 7 nitrogen and oxygen atoms in total. The van der Waals surface area contributed by atoms with Crippen LogP contribution in [0.4, 0.5) is 5.13 Å². The first kappa shape index (κ1) is 16.6. The van der Waals surface area contributed by atoms with E-state index in [9.17, 15) is 4.79 Å². The first-order valence-corrected chi connectivity index (χ1v) is 8.28. The highest BCUT2D eigenvalue weighted by Gasteiger charge is 2.21. The van der Waals surface area contributed by atoms with Gasteiger partial charge in [-0.15, -0.1) is 0 Å². The largest absolute Gasteiger partial charge is 0.380 e. The lowest BCUT2D eigenvalue weighted by molar-refractivity contribution is -0.118. The normalized spacial score (nSPS) is 12.5. The number of carbonyl (C=O) groups is 1. The van der Waals surface area contributed by atoms with Crippen LogP contribution in [0.1, 0.15) is 17.2 Å². The van der Waals surface area contributed by atoms with E-state index in [0.29, 0.717) is 11.7 Å². The fraction of sp³-hybridized carbons (Fsp3) is 0.312. The highest BCUT2D eigenvalue weighted by Crippen LogP contribution is 2.29. The molecule has 1 atom stereocenters. The summed E-state index contributed by atoms with van der Waals surface area (Å²) in [6.45, 7) is 0.489. The maximum absolute atomic E-state index is 12.6. The average molecular weight is 345 g/mol. The number of aromatic nitrogens is 3. The average Bonchev–Trinajstić information content (AvgIpc) is 3.15. The Balaban J connectivity index is 1.83. The molecule has 0 radical (unpaired) electrons. The van der Waals surface area contributed by atoms with Gasteiger partial charge in [-0.25, -0.2) is 4.98 Å². The third-order valence-corrected chi connectivity index (χ3v) is 4.58. The van der Waals surface area contributed by atoms with Crippen molar-refractivity contribution in [2.45, 2.75) is 12.6 Å². The minimum absolute atomic E-state index is 0.169. The molecule has 0 saturated carbocycles. The summed E-state index contributed by atoms with van der Waals surface area (Å²) in [5.74, 6) is -0.169. The second-order valence-electron chi connectivity index (χ2n) is 5.37. The zero-order valence-electron chi connectivity index (χ0n) is 13.7. The summed E-state index contributed by atoms with van der Waals surface area (Å²) < 4.78 is 7.88. The number of ether oxygens (including phenoxy) is 1. The molecule has 8 heteroatoms. The molecule has 0 bridgehead atoms. The standard InChI is InChI=1S/C16H19N5O2S/c1-17-14(11-7-18-21(2)8-11)15(22)20-16-19-13-10(9-23-3)5-4-6-12(13)24-16/h4-8,14,17H,9H2,1-3H3,(H,19,20,22). The van der Waals surface area contributed by atoms with Gasteiger partial charge in [0, 0.05) is 31.5 Å². The van der Waals surface area contributed by atoms with Crippen molar-refractivity contribution in [3.8, 4) is 0 Å². The van der Waals surface area contributed by atoms with Gasteiger partial charge >= 0.3 is 0 Å². The summed E-state index contributed by atoms with van der Waals surface area (Å²) in [6, 6.07) is 5.44. The van der Waals surface area contributed by atoms with E-state index in [2.05, 4.69) is 20.7 Å². The number of rotatable bonds is 6. The lowest BCUT2D eigenvalue weighted by Crippen LogP contribution is -2.30. The summed E-state index contributed by atoms with van der Waals surface area (Å²) in [6.07, 6.45) is 3.49. The second-order valence-corrected chi connectivity index (χ2v) is 6.40. The van der Waals surface area contributed by atoms with Crippen molar-refractivity contribution in [3.05, 3.63) is 41.7 Å². The van der Waals surface area contributed by atoms with Crippen molar-refractivity contribution < 1.29 is 9.53 Å². The summed E-state index contributed by atoms with van der Waals surface area (Å²) in [5, 5.41) is 10.6. The Bertz CT molecular complexity index is 857. The smallest absolute Gasteiger partial charge is 0.247 e. The molecule has 1 aromatic carbocycles. The molecule has 3 rings (SSSR count). The lowest BCUT2D eigenvalue weighted by Gasteiger charge is -2.12. The lowest BCUT2D eigenvalue weighted by atomic mass is 10.1. The summed E-state index contributed by atoms with van der Waals surface area (Å²) in [5.41, 5.74) is 2.67. The van der Waals surface area contributed by atoms with E-state index < -0.39 is 6.04 Å². The Kier molecular flexibility index (Phi) is 4.89. The van der Waals surface area contributed by atoms with E-state index in [0.717, 1.165) is 21.3 Å². The van der Waals surface area contributed by atoms with Crippen LogP contribution in [0.2, 0.25) is 0 Å². The van der Waals surface area contributed by atoms with Crippen molar-refractivity contribution in [2.75, 3.05) is 19.5 Å². The molecule has 126 valence electrons. The number of carbonyl (C=O) groups excluding carboxylic acids is 1. The topological polar surface area (TPSA) is 81.1 Å². The monoisotopic (exact) mass is 345 g/mol. The number of nitrogens with one attached hydrogen (secondary N) is 2. The molecule has 24 heavy (non-hydrogen) atoms. The number of anilines is 1. The number of fused-ring (bicyclic) bond motifs is 1. The molecule has 2 N–H and O–H groups in total. The quantitative estimate of drug-likeness (QED) is 0.715. The summed E-state index contributed by atoms with van der Waals surface area (Å²) in [4.78, 5) is 17.1. The molecule has 0 fully saturated rings. The number of aryl methyl sites for hydroxylation is 1. The first-order chi connectivity index (χ1) is 11.6. The van der Waals surface area contributed by atoms with Gasteiger partial charge in [0.05, 0.1) is 23.0 Å². The Morgan fingerprint density at radius 3 is 2.96 bits per heavy atom. The van der Waals surface area contributed by atoms with Gasteiger partial charge in [-0.3, -0.25) is 9.48 Å². The zero-order valence-corrected chi connectivity index (χ0v) is 14.6. The third-order valence-electron chi connectivity index (χ3n) is 3.64. The number of para-hydroxylation sites is 1. The fourth-order valence-corrected chi connectivity index (χ4v) is 3.46. The van der Waals surface area contributed by atoms with Crippen LogP contribution in [0.3, 0.4) is 0 Å². The number of thiazole rings is 1. The van der Waals surface area contributed by atoms with Crippen molar-refractivity contribution in [3.63, 3.8) is 0 Å². The van der Waals surface area contributed by atoms with Gasteiger partial charge in [0.25, 0.3) is 0 Å². The highest BCUT2D eigenvalue weighted by molar-refractivity contribution is 7.22. The maximum Gasteiger partial charge on any atom is 0.247 e. The van der Waals surface area contributed by atoms with Crippen LogP contribution < -0.4 is 10.6 Å². The molecule has 0 aliphatic carbocycles. The van der Waals surface area contributed by atoms with E-state index in [-0.39, 0.29) is 5.91 Å². The van der Waals surface area contributed by atoms with Gasteiger partial charge in [-0.1, -0.05) is 23.5 Å². The minimum Gasteiger partial charge on any atom is -0.380 e. The Morgan fingerprint density at radius 2 is 2.29 bits per heavy atom. The Labute approximate surface area is 143 Å². The Morgan fingerprint density at radius 1 is 1.46 bits per heavy atom. The Hall–Kier alpha value is -2.29. The summed E-state index contributed by atoms with van der Waals surface area (Å²) >= 11 is 1.45. The molecule has 2 aromatic heterocycles. The van der Waals surface area contributed by atoms with Crippen molar-refractivity contribution >= 4 is 32.6 Å². The van der Waals surface area contributed by atoms with E-state index in [1.807, 2.05) is 31.4 Å². The summed E-state index contributed by atoms with van der Waals surface area (Å²) in [7, 11) is 5.21. The number of amides is 1. The van der Waals surface area contributed by atoms with Crippen molar-refractivity contribution in [1.82, 2.24) is 20.1 Å². The van der Waals surface area contributed by atoms with Gasteiger partial charge in [-0.05, 0) is 13.1 Å². The van der Waals surface area contributed by atoms with E-state index >= 15 is 0 Å². The van der Waals surface area contributed by atoms with Crippen LogP contribution in [-0.2, 0) is 23.2 Å². The van der Waals surface area contributed by atoms with Crippen LogP contribution in [0.25, 0.3) is 10.2 Å². The molecule has 1 amide bonds. The van der Waals surface area contributed by atoms with E-state index in [1.165, 1.54) is 11.3 Å². The van der Waals surface area contributed by atoms with Gasteiger partial charge in [0.2, 0.25) is 5.91 Å². The fourth-order valence-electron chi connectivity index (χ4n) is 2.55. The molecule has 0 saturated heterocycles.